The lowest BCUT2D eigenvalue weighted by atomic mass is 10.3. The molecule has 3 rings (SSSR count). The lowest BCUT2D eigenvalue weighted by Gasteiger charge is -2.14. The SMILES string of the molecule is Cc1cc(Nc2nc(N[C@@H](C)c3ncc(F)cn3)nc(Cl)c2Cl)n[nH]1. The fourth-order valence-electron chi connectivity index (χ4n) is 1.97. The number of aromatic nitrogens is 6. The van der Waals surface area contributed by atoms with Crippen LogP contribution < -0.4 is 10.6 Å². The van der Waals surface area contributed by atoms with Crippen LogP contribution in [0.5, 0.6) is 0 Å². The Morgan fingerprint density at radius 2 is 1.92 bits per heavy atom. The maximum Gasteiger partial charge on any atom is 0.226 e. The van der Waals surface area contributed by atoms with Crippen molar-refractivity contribution in [1.29, 1.82) is 0 Å². The van der Waals surface area contributed by atoms with Crippen LogP contribution in [0.15, 0.2) is 18.5 Å². The second-order valence-electron chi connectivity index (χ2n) is 5.19. The predicted octanol–water partition coefficient (Wildman–Crippen LogP) is 3.66. The molecule has 11 heteroatoms. The summed E-state index contributed by atoms with van der Waals surface area (Å²) in [6.45, 7) is 3.65. The summed E-state index contributed by atoms with van der Waals surface area (Å²) in [5, 5.41) is 13.1. The van der Waals surface area contributed by atoms with E-state index in [1.54, 1.807) is 13.0 Å². The highest BCUT2D eigenvalue weighted by atomic mass is 35.5. The third kappa shape index (κ3) is 4.12. The maximum absolute atomic E-state index is 12.9. The quantitative estimate of drug-likeness (QED) is 0.578. The minimum Gasteiger partial charge on any atom is -0.344 e. The third-order valence-corrected chi connectivity index (χ3v) is 3.86. The molecule has 0 saturated carbocycles. The Labute approximate surface area is 152 Å². The van der Waals surface area contributed by atoms with Gasteiger partial charge in [-0.3, -0.25) is 5.10 Å². The summed E-state index contributed by atoms with van der Waals surface area (Å²) in [5.74, 6) is 0.915. The Morgan fingerprint density at radius 1 is 1.20 bits per heavy atom. The van der Waals surface area contributed by atoms with E-state index in [9.17, 15) is 4.39 Å². The van der Waals surface area contributed by atoms with Crippen molar-refractivity contribution in [3.8, 4) is 0 Å². The molecule has 25 heavy (non-hydrogen) atoms. The van der Waals surface area contributed by atoms with Gasteiger partial charge in [-0.1, -0.05) is 23.2 Å². The van der Waals surface area contributed by atoms with Gasteiger partial charge >= 0.3 is 0 Å². The van der Waals surface area contributed by atoms with Crippen LogP contribution >= 0.6 is 23.2 Å². The Hall–Kier alpha value is -2.52. The largest absolute Gasteiger partial charge is 0.344 e. The molecule has 0 amide bonds. The average molecular weight is 383 g/mol. The number of hydrogen-bond donors (Lipinski definition) is 3. The first-order valence-corrected chi connectivity index (χ1v) is 7.94. The minimum absolute atomic E-state index is 0.0705. The van der Waals surface area contributed by atoms with Crippen molar-refractivity contribution in [3.63, 3.8) is 0 Å². The Balaban J connectivity index is 1.82. The molecule has 3 N–H and O–H groups in total. The van der Waals surface area contributed by atoms with Crippen LogP contribution in [0.2, 0.25) is 10.2 Å². The standard InChI is InChI=1S/C14H13Cl2FN8/c1-6-3-9(25-24-6)21-13-10(15)11(16)22-14(23-13)20-7(2)12-18-4-8(17)5-19-12/h3-5,7H,1-2H3,(H3,20,21,22,23,24,25)/t7-/m0/s1. The summed E-state index contributed by atoms with van der Waals surface area (Å²) in [7, 11) is 0. The lowest BCUT2D eigenvalue weighted by Crippen LogP contribution is -2.13. The van der Waals surface area contributed by atoms with Crippen LogP contribution in [0.4, 0.5) is 22.0 Å². The first kappa shape index (κ1) is 17.3. The zero-order chi connectivity index (χ0) is 18.0. The topological polar surface area (TPSA) is 104 Å². The van der Waals surface area contributed by atoms with Crippen molar-refractivity contribution >= 4 is 40.8 Å². The number of anilines is 3. The molecule has 0 aromatic carbocycles. The Morgan fingerprint density at radius 3 is 2.56 bits per heavy atom. The molecular weight excluding hydrogens is 370 g/mol. The van der Waals surface area contributed by atoms with Gasteiger partial charge in [0, 0.05) is 11.8 Å². The number of hydrogen-bond acceptors (Lipinski definition) is 7. The fourth-order valence-corrected chi connectivity index (χ4v) is 2.28. The van der Waals surface area contributed by atoms with Crippen LogP contribution in [0, 0.1) is 12.7 Å². The van der Waals surface area contributed by atoms with Crippen molar-refractivity contribution in [1.82, 2.24) is 30.1 Å². The molecule has 0 bridgehead atoms. The van der Waals surface area contributed by atoms with Crippen LogP contribution in [0.1, 0.15) is 24.5 Å². The smallest absolute Gasteiger partial charge is 0.226 e. The molecule has 8 nitrogen and oxygen atoms in total. The number of nitrogens with zero attached hydrogens (tertiary/aromatic N) is 5. The fraction of sp³-hybridized carbons (Fsp3) is 0.214. The van der Waals surface area contributed by atoms with Gasteiger partial charge in [-0.2, -0.15) is 15.1 Å². The summed E-state index contributed by atoms with van der Waals surface area (Å²) >= 11 is 12.2. The monoisotopic (exact) mass is 382 g/mol. The second-order valence-corrected chi connectivity index (χ2v) is 5.92. The van der Waals surface area contributed by atoms with Crippen molar-refractivity contribution in [2.24, 2.45) is 0 Å². The van der Waals surface area contributed by atoms with Gasteiger partial charge in [-0.15, -0.1) is 0 Å². The molecule has 0 aliphatic rings. The van der Waals surface area contributed by atoms with E-state index in [1.165, 1.54) is 0 Å². The number of nitrogens with one attached hydrogen (secondary N) is 3. The van der Waals surface area contributed by atoms with E-state index < -0.39 is 5.82 Å². The number of aromatic amines is 1. The molecule has 0 unspecified atom stereocenters. The molecule has 0 aliphatic carbocycles. The summed E-state index contributed by atoms with van der Waals surface area (Å²) in [5.41, 5.74) is 0.874. The Bertz CT molecular complexity index is 883. The highest BCUT2D eigenvalue weighted by molar-refractivity contribution is 6.42. The van der Waals surface area contributed by atoms with Gasteiger partial charge in [-0.05, 0) is 13.8 Å². The van der Waals surface area contributed by atoms with Crippen molar-refractivity contribution < 1.29 is 4.39 Å². The summed E-state index contributed by atoms with van der Waals surface area (Å²) < 4.78 is 12.9. The zero-order valence-electron chi connectivity index (χ0n) is 13.2. The molecule has 1 atom stereocenters. The maximum atomic E-state index is 12.9. The van der Waals surface area contributed by atoms with Crippen molar-refractivity contribution in [2.75, 3.05) is 10.6 Å². The summed E-state index contributed by atoms with van der Waals surface area (Å²) in [6.07, 6.45) is 2.17. The van der Waals surface area contributed by atoms with E-state index in [0.717, 1.165) is 18.1 Å². The van der Waals surface area contributed by atoms with Gasteiger partial charge in [0.2, 0.25) is 5.95 Å². The van der Waals surface area contributed by atoms with E-state index >= 15 is 0 Å². The molecule has 130 valence electrons. The molecule has 3 heterocycles. The zero-order valence-corrected chi connectivity index (χ0v) is 14.7. The second kappa shape index (κ2) is 7.16. The van der Waals surface area contributed by atoms with Gasteiger partial charge in [0.15, 0.2) is 22.6 Å². The molecule has 0 spiro atoms. The molecule has 0 radical (unpaired) electrons. The van der Waals surface area contributed by atoms with Crippen LogP contribution in [0.25, 0.3) is 0 Å². The average Bonchev–Trinajstić information content (AvgIpc) is 2.97. The van der Waals surface area contributed by atoms with E-state index in [-0.39, 0.29) is 22.2 Å². The first-order valence-electron chi connectivity index (χ1n) is 7.18. The number of aryl methyl sites for hydroxylation is 1. The van der Waals surface area contributed by atoms with E-state index in [0.29, 0.717) is 17.5 Å². The van der Waals surface area contributed by atoms with Crippen molar-refractivity contribution in [3.05, 3.63) is 46.0 Å². The van der Waals surface area contributed by atoms with Gasteiger partial charge < -0.3 is 10.6 Å². The van der Waals surface area contributed by atoms with E-state index in [1.807, 2.05) is 6.92 Å². The molecule has 3 aromatic heterocycles. The lowest BCUT2D eigenvalue weighted by molar-refractivity contribution is 0.604. The van der Waals surface area contributed by atoms with Gasteiger partial charge in [0.1, 0.15) is 10.8 Å². The van der Waals surface area contributed by atoms with Gasteiger partial charge in [-0.25, -0.2) is 14.4 Å². The first-order chi connectivity index (χ1) is 11.9. The van der Waals surface area contributed by atoms with Crippen LogP contribution in [-0.2, 0) is 0 Å². The Kier molecular flexibility index (Phi) is 4.95. The van der Waals surface area contributed by atoms with Crippen LogP contribution in [-0.4, -0.2) is 30.1 Å². The van der Waals surface area contributed by atoms with E-state index in [4.69, 9.17) is 23.2 Å². The van der Waals surface area contributed by atoms with Gasteiger partial charge in [0.25, 0.3) is 0 Å². The molecule has 0 saturated heterocycles. The molecule has 0 aliphatic heterocycles. The summed E-state index contributed by atoms with van der Waals surface area (Å²) in [6, 6.07) is 1.41. The summed E-state index contributed by atoms with van der Waals surface area (Å²) in [4.78, 5) is 16.2. The number of halogens is 3. The van der Waals surface area contributed by atoms with E-state index in [2.05, 4.69) is 40.8 Å². The predicted molar refractivity (Wildman–Crippen MR) is 92.7 cm³/mol. The third-order valence-electron chi connectivity index (χ3n) is 3.14. The molecule has 3 aromatic rings. The molecular formula is C14H13Cl2FN8. The van der Waals surface area contributed by atoms with Crippen LogP contribution in [0.3, 0.4) is 0 Å². The minimum atomic E-state index is -0.512. The highest BCUT2D eigenvalue weighted by Gasteiger charge is 2.16. The van der Waals surface area contributed by atoms with Crippen molar-refractivity contribution in [2.45, 2.75) is 19.9 Å². The highest BCUT2D eigenvalue weighted by Crippen LogP contribution is 2.30. The number of H-pyrrole nitrogens is 1. The molecule has 0 fully saturated rings. The normalized spacial score (nSPS) is 12.0. The number of rotatable bonds is 5. The van der Waals surface area contributed by atoms with Gasteiger partial charge in [0.05, 0.1) is 18.4 Å².